The van der Waals surface area contributed by atoms with Crippen LogP contribution in [0.3, 0.4) is 0 Å². The molecular formula is C14H33BLiO5. The number of rotatable bonds is 11. The zero-order valence-electron chi connectivity index (χ0n) is 15.9. The molecule has 1 aliphatic rings. The summed E-state index contributed by atoms with van der Waals surface area (Å²) in [6.45, 7) is 13.2. The molecule has 0 spiro atoms. The van der Waals surface area contributed by atoms with Crippen molar-refractivity contribution in [2.75, 3.05) is 60.0 Å². The predicted molar refractivity (Wildman–Crippen MR) is 83.6 cm³/mol. The Morgan fingerprint density at radius 3 is 1.62 bits per heavy atom. The Morgan fingerprint density at radius 1 is 0.857 bits per heavy atom. The monoisotopic (exact) mass is 299 g/mol. The molecular weight excluding hydrogens is 266 g/mol. The Bertz CT molecular complexity index is 157. The van der Waals surface area contributed by atoms with Crippen molar-refractivity contribution >= 4 is 8.41 Å². The third-order valence-corrected chi connectivity index (χ3v) is 1.88. The second kappa shape index (κ2) is 28.6. The van der Waals surface area contributed by atoms with E-state index in [0.717, 1.165) is 6.61 Å². The van der Waals surface area contributed by atoms with Gasteiger partial charge < -0.3 is 25.1 Å². The molecule has 21 heavy (non-hydrogen) atoms. The van der Waals surface area contributed by atoms with E-state index >= 15 is 0 Å². The quantitative estimate of drug-likeness (QED) is 0.274. The molecule has 1 saturated heterocycles. The van der Waals surface area contributed by atoms with Gasteiger partial charge in [0.15, 0.2) is 0 Å². The van der Waals surface area contributed by atoms with Gasteiger partial charge in [-0.15, -0.1) is 0 Å². The molecule has 1 fully saturated rings. The number of hydrogen-bond donors (Lipinski definition) is 0. The number of methoxy groups -OCH3 is 1. The van der Waals surface area contributed by atoms with Gasteiger partial charge in [-0.05, 0) is 0 Å². The maximum Gasteiger partial charge on any atom is 1.00 e. The average Bonchev–Trinajstić information content (AvgIpc) is 3.29. The minimum atomic E-state index is 0. The number of hydrogen-bond acceptors (Lipinski definition) is 5. The van der Waals surface area contributed by atoms with Crippen LogP contribution in [0, 0.1) is 0 Å². The molecule has 1 aliphatic heterocycles. The minimum absolute atomic E-state index is 0. The van der Waals surface area contributed by atoms with Crippen molar-refractivity contribution in [2.24, 2.45) is 0 Å². The Morgan fingerprint density at radius 2 is 1.24 bits per heavy atom. The first-order valence-electron chi connectivity index (χ1n) is 7.27. The SMILES string of the molecule is CC.CC.COCCOCCOCCOCC1CO1.[B].[H-].[Li+]. The van der Waals surface area contributed by atoms with E-state index < -0.39 is 0 Å². The summed E-state index contributed by atoms with van der Waals surface area (Å²) >= 11 is 0. The van der Waals surface area contributed by atoms with Crippen LogP contribution in [0.15, 0.2) is 0 Å². The molecule has 0 amide bonds. The van der Waals surface area contributed by atoms with Gasteiger partial charge in [0.05, 0.1) is 52.9 Å². The van der Waals surface area contributed by atoms with Gasteiger partial charge in [0.25, 0.3) is 0 Å². The van der Waals surface area contributed by atoms with Crippen LogP contribution in [-0.2, 0) is 23.7 Å². The summed E-state index contributed by atoms with van der Waals surface area (Å²) < 4.78 is 25.6. The minimum Gasteiger partial charge on any atom is -1.00 e. The molecule has 7 heteroatoms. The molecule has 0 saturated carbocycles. The van der Waals surface area contributed by atoms with Gasteiger partial charge in [-0.3, -0.25) is 0 Å². The van der Waals surface area contributed by atoms with E-state index in [1.807, 2.05) is 27.7 Å². The zero-order valence-corrected chi connectivity index (χ0v) is 14.9. The van der Waals surface area contributed by atoms with E-state index in [4.69, 9.17) is 23.7 Å². The molecule has 1 rings (SSSR count). The fourth-order valence-corrected chi connectivity index (χ4v) is 0.961. The van der Waals surface area contributed by atoms with E-state index in [1.54, 1.807) is 7.11 Å². The van der Waals surface area contributed by atoms with Crippen LogP contribution >= 0.6 is 0 Å². The van der Waals surface area contributed by atoms with E-state index in [2.05, 4.69) is 0 Å². The second-order valence-electron chi connectivity index (χ2n) is 3.25. The molecule has 0 aromatic heterocycles. The third kappa shape index (κ3) is 29.2. The maximum atomic E-state index is 5.29. The topological polar surface area (TPSA) is 49.5 Å². The van der Waals surface area contributed by atoms with E-state index in [0.29, 0.717) is 52.4 Å². The van der Waals surface area contributed by atoms with Crippen LogP contribution in [0.4, 0.5) is 0 Å². The van der Waals surface area contributed by atoms with E-state index in [1.165, 1.54) is 0 Å². The summed E-state index contributed by atoms with van der Waals surface area (Å²) in [7, 11) is 1.65. The van der Waals surface area contributed by atoms with Crippen molar-refractivity contribution in [1.29, 1.82) is 0 Å². The molecule has 1 heterocycles. The zero-order chi connectivity index (χ0) is 14.8. The molecule has 0 N–H and O–H groups in total. The Balaban J connectivity index is -0.000000127. The Labute approximate surface area is 146 Å². The summed E-state index contributed by atoms with van der Waals surface area (Å²) in [4.78, 5) is 0. The molecule has 5 nitrogen and oxygen atoms in total. The predicted octanol–water partition coefficient (Wildman–Crippen LogP) is -1.13. The van der Waals surface area contributed by atoms with Gasteiger partial charge in [-0.1, -0.05) is 27.7 Å². The Hall–Kier alpha value is 0.462. The molecule has 0 aliphatic carbocycles. The van der Waals surface area contributed by atoms with Crippen molar-refractivity contribution in [3.05, 3.63) is 0 Å². The first kappa shape index (κ1) is 29.5. The fourth-order valence-electron chi connectivity index (χ4n) is 0.961. The third-order valence-electron chi connectivity index (χ3n) is 1.88. The molecule has 1 atom stereocenters. The number of ether oxygens (including phenoxy) is 5. The van der Waals surface area contributed by atoms with Gasteiger partial charge >= 0.3 is 18.9 Å². The summed E-state index contributed by atoms with van der Waals surface area (Å²) in [5, 5.41) is 0. The molecule has 0 bridgehead atoms. The second-order valence-corrected chi connectivity index (χ2v) is 3.25. The van der Waals surface area contributed by atoms with Crippen molar-refractivity contribution in [1.82, 2.24) is 0 Å². The van der Waals surface area contributed by atoms with Gasteiger partial charge in [0.2, 0.25) is 0 Å². The van der Waals surface area contributed by atoms with Crippen LogP contribution in [0.5, 0.6) is 0 Å². The normalized spacial score (nSPS) is 14.4. The maximum absolute atomic E-state index is 5.29. The van der Waals surface area contributed by atoms with Crippen LogP contribution < -0.4 is 18.9 Å². The number of epoxide rings is 1. The van der Waals surface area contributed by atoms with E-state index in [9.17, 15) is 0 Å². The van der Waals surface area contributed by atoms with Gasteiger partial charge in [0, 0.05) is 15.5 Å². The van der Waals surface area contributed by atoms with Gasteiger partial charge in [0.1, 0.15) is 6.10 Å². The smallest absolute Gasteiger partial charge is 1.00 e. The summed E-state index contributed by atoms with van der Waals surface area (Å²) in [6.07, 6.45) is 0.336. The molecule has 123 valence electrons. The van der Waals surface area contributed by atoms with Crippen molar-refractivity contribution in [3.63, 3.8) is 0 Å². The van der Waals surface area contributed by atoms with Crippen molar-refractivity contribution in [2.45, 2.75) is 33.8 Å². The largest absolute Gasteiger partial charge is 1.00 e. The van der Waals surface area contributed by atoms with E-state index in [-0.39, 0.29) is 28.7 Å². The van der Waals surface area contributed by atoms with Crippen LogP contribution in [-0.4, -0.2) is 74.5 Å². The summed E-state index contributed by atoms with van der Waals surface area (Å²) in [5.74, 6) is 0. The van der Waals surface area contributed by atoms with Crippen molar-refractivity contribution < 1.29 is 44.0 Å². The average molecular weight is 299 g/mol. The molecule has 3 radical (unpaired) electrons. The fraction of sp³-hybridized carbons (Fsp3) is 1.00. The molecule has 1 unspecified atom stereocenters. The molecule has 0 aromatic carbocycles. The van der Waals surface area contributed by atoms with Crippen LogP contribution in [0.2, 0.25) is 0 Å². The molecule has 0 aromatic rings. The summed E-state index contributed by atoms with van der Waals surface area (Å²) in [6, 6.07) is 0. The standard InChI is InChI=1S/C10H20O5.2C2H6.B.Li.H/c1-11-2-3-12-4-5-13-6-7-14-8-10-9-15-10;2*1-2;;;/h10H,2-9H2,1H3;2*1-2H3;;;/q;;;;+1;-1. The first-order chi connectivity index (χ1) is 9.43. The Kier molecular flexibility index (Phi) is 40.1. The van der Waals surface area contributed by atoms with Gasteiger partial charge in [-0.2, -0.15) is 0 Å². The van der Waals surface area contributed by atoms with Crippen LogP contribution in [0.25, 0.3) is 0 Å². The van der Waals surface area contributed by atoms with Gasteiger partial charge in [-0.25, -0.2) is 0 Å². The summed E-state index contributed by atoms with van der Waals surface area (Å²) in [5.41, 5.74) is 0. The van der Waals surface area contributed by atoms with Crippen molar-refractivity contribution in [3.8, 4) is 0 Å². The first-order valence-corrected chi connectivity index (χ1v) is 7.27. The van der Waals surface area contributed by atoms with Crippen LogP contribution in [0.1, 0.15) is 29.1 Å².